The summed E-state index contributed by atoms with van der Waals surface area (Å²) in [6.07, 6.45) is 4.75. The highest BCUT2D eigenvalue weighted by atomic mass is 16.5. The van der Waals surface area contributed by atoms with Crippen molar-refractivity contribution in [2.75, 3.05) is 0 Å². The standard InChI is InChI=1S/C9H15NO2/c1-3-5-9(6-4-2)8(11)10-7-12-9/h7H,3-6H2,1-2H3. The van der Waals surface area contributed by atoms with Crippen LogP contribution in [-0.4, -0.2) is 17.9 Å². The van der Waals surface area contributed by atoms with E-state index in [1.165, 1.54) is 6.40 Å². The Balaban J connectivity index is 2.66. The van der Waals surface area contributed by atoms with Crippen LogP contribution in [0, 0.1) is 0 Å². The van der Waals surface area contributed by atoms with Gasteiger partial charge < -0.3 is 4.74 Å². The average Bonchev–Trinajstić information content (AvgIpc) is 2.35. The molecule has 1 aliphatic rings. The van der Waals surface area contributed by atoms with E-state index in [1.54, 1.807) is 0 Å². The molecule has 0 bridgehead atoms. The van der Waals surface area contributed by atoms with E-state index in [0.29, 0.717) is 0 Å². The zero-order chi connectivity index (χ0) is 9.03. The van der Waals surface area contributed by atoms with Crippen molar-refractivity contribution < 1.29 is 9.53 Å². The fourth-order valence-electron chi connectivity index (χ4n) is 1.61. The predicted molar refractivity (Wildman–Crippen MR) is 47.1 cm³/mol. The maximum atomic E-state index is 11.4. The third-order valence-electron chi connectivity index (χ3n) is 2.15. The fourth-order valence-corrected chi connectivity index (χ4v) is 1.61. The molecule has 0 unspecified atom stereocenters. The van der Waals surface area contributed by atoms with E-state index in [1.807, 2.05) is 13.8 Å². The molecule has 1 heterocycles. The molecule has 1 rings (SSSR count). The third-order valence-corrected chi connectivity index (χ3v) is 2.15. The lowest BCUT2D eigenvalue weighted by Gasteiger charge is -2.23. The van der Waals surface area contributed by atoms with Gasteiger partial charge in [-0.1, -0.05) is 26.7 Å². The molecule has 1 amide bonds. The SMILES string of the molecule is CCCC1(CCC)OC=NC1=O. The minimum Gasteiger partial charge on any atom is -0.467 e. The molecule has 0 aliphatic carbocycles. The zero-order valence-corrected chi connectivity index (χ0v) is 7.67. The number of ether oxygens (including phenoxy) is 1. The van der Waals surface area contributed by atoms with Crippen molar-refractivity contribution in [1.82, 2.24) is 0 Å². The molecule has 1 aliphatic heterocycles. The molecule has 0 aromatic rings. The van der Waals surface area contributed by atoms with E-state index >= 15 is 0 Å². The molecule has 0 saturated carbocycles. The number of carbonyl (C=O) groups excluding carboxylic acids is 1. The first-order chi connectivity index (χ1) is 5.75. The van der Waals surface area contributed by atoms with Gasteiger partial charge in [0.2, 0.25) is 0 Å². The molecule has 0 radical (unpaired) electrons. The van der Waals surface area contributed by atoms with Gasteiger partial charge in [0.05, 0.1) is 0 Å². The highest BCUT2D eigenvalue weighted by Crippen LogP contribution is 2.28. The first-order valence-corrected chi connectivity index (χ1v) is 4.50. The molecule has 68 valence electrons. The molecule has 0 fully saturated rings. The van der Waals surface area contributed by atoms with Crippen LogP contribution >= 0.6 is 0 Å². The molecular formula is C9H15NO2. The summed E-state index contributed by atoms with van der Waals surface area (Å²) in [5, 5.41) is 0. The van der Waals surface area contributed by atoms with Gasteiger partial charge in [0.15, 0.2) is 12.0 Å². The normalized spacial score (nSPS) is 19.7. The van der Waals surface area contributed by atoms with Gasteiger partial charge in [-0.05, 0) is 12.8 Å². The Labute approximate surface area is 72.8 Å². The summed E-state index contributed by atoms with van der Waals surface area (Å²) in [7, 11) is 0. The fraction of sp³-hybridized carbons (Fsp3) is 0.778. The van der Waals surface area contributed by atoms with Crippen molar-refractivity contribution in [3.63, 3.8) is 0 Å². The van der Waals surface area contributed by atoms with Crippen molar-refractivity contribution in [3.8, 4) is 0 Å². The van der Waals surface area contributed by atoms with Gasteiger partial charge in [-0.2, -0.15) is 4.99 Å². The molecule has 0 aromatic carbocycles. The maximum Gasteiger partial charge on any atom is 0.292 e. The van der Waals surface area contributed by atoms with Crippen molar-refractivity contribution in [1.29, 1.82) is 0 Å². The molecular weight excluding hydrogens is 154 g/mol. The minimum absolute atomic E-state index is 0.105. The first kappa shape index (κ1) is 9.23. The number of aliphatic imine (C=N–C) groups is 1. The minimum atomic E-state index is -0.608. The van der Waals surface area contributed by atoms with Gasteiger partial charge in [0.25, 0.3) is 5.91 Å². The number of amides is 1. The summed E-state index contributed by atoms with van der Waals surface area (Å²) in [5.41, 5.74) is -0.608. The average molecular weight is 169 g/mol. The Morgan fingerprint density at radius 3 is 2.33 bits per heavy atom. The monoisotopic (exact) mass is 169 g/mol. The molecule has 0 spiro atoms. The zero-order valence-electron chi connectivity index (χ0n) is 7.67. The van der Waals surface area contributed by atoms with Crippen LogP contribution in [0.25, 0.3) is 0 Å². The molecule has 3 heteroatoms. The van der Waals surface area contributed by atoms with Gasteiger partial charge in [-0.3, -0.25) is 4.79 Å². The van der Waals surface area contributed by atoms with E-state index in [4.69, 9.17) is 4.74 Å². The van der Waals surface area contributed by atoms with Crippen LogP contribution in [0.4, 0.5) is 0 Å². The predicted octanol–water partition coefficient (Wildman–Crippen LogP) is 1.91. The van der Waals surface area contributed by atoms with Crippen molar-refractivity contribution >= 4 is 12.3 Å². The number of hydrogen-bond donors (Lipinski definition) is 0. The quantitative estimate of drug-likeness (QED) is 0.644. The molecule has 0 N–H and O–H groups in total. The Morgan fingerprint density at radius 2 is 2.00 bits per heavy atom. The third kappa shape index (κ3) is 1.49. The summed E-state index contributed by atoms with van der Waals surface area (Å²) in [6, 6.07) is 0. The summed E-state index contributed by atoms with van der Waals surface area (Å²) in [4.78, 5) is 15.0. The van der Waals surface area contributed by atoms with Crippen LogP contribution in [0.3, 0.4) is 0 Å². The van der Waals surface area contributed by atoms with E-state index in [0.717, 1.165) is 25.7 Å². The second kappa shape index (κ2) is 3.70. The van der Waals surface area contributed by atoms with E-state index in [9.17, 15) is 4.79 Å². The van der Waals surface area contributed by atoms with Crippen LogP contribution in [-0.2, 0) is 9.53 Å². The Kier molecular flexibility index (Phi) is 2.84. The summed E-state index contributed by atoms with van der Waals surface area (Å²) in [5.74, 6) is -0.105. The maximum absolute atomic E-state index is 11.4. The van der Waals surface area contributed by atoms with Gasteiger partial charge in [-0.25, -0.2) is 0 Å². The van der Waals surface area contributed by atoms with Crippen molar-refractivity contribution in [2.24, 2.45) is 4.99 Å². The first-order valence-electron chi connectivity index (χ1n) is 4.50. The van der Waals surface area contributed by atoms with Crippen LogP contribution in [0.1, 0.15) is 39.5 Å². The van der Waals surface area contributed by atoms with Gasteiger partial charge in [-0.15, -0.1) is 0 Å². The Morgan fingerprint density at radius 1 is 1.42 bits per heavy atom. The van der Waals surface area contributed by atoms with Gasteiger partial charge in [0.1, 0.15) is 0 Å². The Bertz CT molecular complexity index is 193. The summed E-state index contributed by atoms with van der Waals surface area (Å²) >= 11 is 0. The lowest BCUT2D eigenvalue weighted by molar-refractivity contribution is -0.131. The van der Waals surface area contributed by atoms with Crippen molar-refractivity contribution in [3.05, 3.63) is 0 Å². The largest absolute Gasteiger partial charge is 0.467 e. The van der Waals surface area contributed by atoms with Gasteiger partial charge in [0, 0.05) is 0 Å². The van der Waals surface area contributed by atoms with Crippen molar-refractivity contribution in [2.45, 2.75) is 45.1 Å². The number of nitrogens with zero attached hydrogens (tertiary/aromatic N) is 1. The lowest BCUT2D eigenvalue weighted by atomic mass is 9.92. The second-order valence-corrected chi connectivity index (χ2v) is 3.15. The van der Waals surface area contributed by atoms with Crippen LogP contribution in [0.5, 0.6) is 0 Å². The van der Waals surface area contributed by atoms with E-state index in [-0.39, 0.29) is 5.91 Å². The second-order valence-electron chi connectivity index (χ2n) is 3.15. The Hall–Kier alpha value is -0.860. The summed E-state index contributed by atoms with van der Waals surface area (Å²) in [6.45, 7) is 4.10. The number of carbonyl (C=O) groups is 1. The van der Waals surface area contributed by atoms with Gasteiger partial charge >= 0.3 is 0 Å². The van der Waals surface area contributed by atoms with Crippen LogP contribution in [0.15, 0.2) is 4.99 Å². The number of rotatable bonds is 4. The highest BCUT2D eigenvalue weighted by molar-refractivity contribution is 5.95. The van der Waals surface area contributed by atoms with Crippen LogP contribution in [0.2, 0.25) is 0 Å². The van der Waals surface area contributed by atoms with E-state index < -0.39 is 5.60 Å². The summed E-state index contributed by atoms with van der Waals surface area (Å²) < 4.78 is 5.29. The lowest BCUT2D eigenvalue weighted by Crippen LogP contribution is -2.36. The topological polar surface area (TPSA) is 38.7 Å². The number of hydrogen-bond acceptors (Lipinski definition) is 2. The molecule has 3 nitrogen and oxygen atoms in total. The van der Waals surface area contributed by atoms with Crippen LogP contribution < -0.4 is 0 Å². The van der Waals surface area contributed by atoms with E-state index in [2.05, 4.69) is 4.99 Å². The smallest absolute Gasteiger partial charge is 0.292 e. The molecule has 0 saturated heterocycles. The molecule has 12 heavy (non-hydrogen) atoms. The molecule has 0 atom stereocenters. The molecule has 0 aromatic heterocycles. The highest BCUT2D eigenvalue weighted by Gasteiger charge is 2.41.